The van der Waals surface area contributed by atoms with E-state index >= 15 is 0 Å². The number of carbonyl (C=O) groups excluding carboxylic acids is 1. The molecule has 1 aromatic carbocycles. The van der Waals surface area contributed by atoms with Crippen molar-refractivity contribution in [1.29, 1.82) is 0 Å². The lowest BCUT2D eigenvalue weighted by atomic mass is 9.83. The summed E-state index contributed by atoms with van der Waals surface area (Å²) < 4.78 is 0. The van der Waals surface area contributed by atoms with Crippen LogP contribution in [0.2, 0.25) is 0 Å². The van der Waals surface area contributed by atoms with Crippen molar-refractivity contribution < 1.29 is 4.79 Å². The zero-order valence-electron chi connectivity index (χ0n) is 12.2. The molecule has 2 unspecified atom stereocenters. The normalized spacial score (nSPS) is 22.9. The maximum Gasteiger partial charge on any atom is 0.237 e. The molecule has 1 saturated carbocycles. The lowest BCUT2D eigenvalue weighted by Gasteiger charge is -2.27. The summed E-state index contributed by atoms with van der Waals surface area (Å²) in [6, 6.07) is 9.09. The highest BCUT2D eigenvalue weighted by Gasteiger charge is 2.26. The van der Waals surface area contributed by atoms with Gasteiger partial charge in [-0.25, -0.2) is 0 Å². The maximum atomic E-state index is 11.9. The van der Waals surface area contributed by atoms with Crippen molar-refractivity contribution >= 4 is 5.91 Å². The van der Waals surface area contributed by atoms with Gasteiger partial charge in [-0.05, 0) is 56.1 Å². The smallest absolute Gasteiger partial charge is 0.237 e. The van der Waals surface area contributed by atoms with Gasteiger partial charge in [0, 0.05) is 12.6 Å². The van der Waals surface area contributed by atoms with E-state index in [1.54, 1.807) is 0 Å². The van der Waals surface area contributed by atoms with Gasteiger partial charge >= 0.3 is 0 Å². The Kier molecular flexibility index (Phi) is 4.06. The van der Waals surface area contributed by atoms with Gasteiger partial charge in [-0.1, -0.05) is 24.3 Å². The molecule has 108 valence electrons. The van der Waals surface area contributed by atoms with Crippen LogP contribution in [-0.2, 0) is 11.2 Å². The Hall–Kier alpha value is -1.35. The maximum absolute atomic E-state index is 11.9. The fourth-order valence-corrected chi connectivity index (χ4v) is 3.03. The second-order valence-corrected chi connectivity index (χ2v) is 6.20. The van der Waals surface area contributed by atoms with Crippen LogP contribution in [0.3, 0.4) is 0 Å². The molecule has 2 aliphatic rings. The van der Waals surface area contributed by atoms with Crippen molar-refractivity contribution in [3.05, 3.63) is 35.4 Å². The van der Waals surface area contributed by atoms with Gasteiger partial charge in [0.15, 0.2) is 0 Å². The predicted octanol–water partition coefficient (Wildman–Crippen LogP) is 2.36. The summed E-state index contributed by atoms with van der Waals surface area (Å²) in [4.78, 5) is 11.9. The van der Waals surface area contributed by atoms with E-state index in [4.69, 9.17) is 0 Å². The van der Waals surface area contributed by atoms with E-state index in [2.05, 4.69) is 34.9 Å². The fraction of sp³-hybridized carbons (Fsp3) is 0.588. The molecule has 0 radical (unpaired) electrons. The molecule has 0 heterocycles. The Morgan fingerprint density at radius 2 is 2.10 bits per heavy atom. The van der Waals surface area contributed by atoms with Crippen LogP contribution in [0.15, 0.2) is 24.3 Å². The van der Waals surface area contributed by atoms with Gasteiger partial charge in [-0.3, -0.25) is 4.79 Å². The molecule has 3 rings (SSSR count). The zero-order valence-corrected chi connectivity index (χ0v) is 12.2. The Bertz CT molecular complexity index is 482. The molecule has 1 aromatic rings. The Morgan fingerprint density at radius 3 is 2.90 bits per heavy atom. The molecular weight excluding hydrogens is 248 g/mol. The van der Waals surface area contributed by atoms with Crippen LogP contribution in [-0.4, -0.2) is 24.5 Å². The van der Waals surface area contributed by atoms with Gasteiger partial charge in [0.25, 0.3) is 0 Å². The summed E-state index contributed by atoms with van der Waals surface area (Å²) in [5.41, 5.74) is 2.96. The first-order valence-corrected chi connectivity index (χ1v) is 7.85. The number of hydrogen-bond acceptors (Lipinski definition) is 2. The molecule has 2 aliphatic carbocycles. The minimum absolute atomic E-state index is 0.0929. The Balaban J connectivity index is 1.54. The molecule has 3 nitrogen and oxygen atoms in total. The van der Waals surface area contributed by atoms with E-state index in [1.807, 2.05) is 6.92 Å². The summed E-state index contributed by atoms with van der Waals surface area (Å²) in [7, 11) is 0. The van der Waals surface area contributed by atoms with E-state index in [-0.39, 0.29) is 11.9 Å². The van der Waals surface area contributed by atoms with Crippen molar-refractivity contribution in [2.24, 2.45) is 0 Å². The Labute approximate surface area is 121 Å². The number of fused-ring (bicyclic) bond motifs is 1. The molecule has 1 fully saturated rings. The Morgan fingerprint density at radius 1 is 1.30 bits per heavy atom. The van der Waals surface area contributed by atoms with Crippen LogP contribution in [0, 0.1) is 0 Å². The number of hydrogen-bond donors (Lipinski definition) is 2. The average molecular weight is 272 g/mol. The molecule has 1 amide bonds. The molecule has 3 heteroatoms. The molecule has 0 aromatic heterocycles. The van der Waals surface area contributed by atoms with Gasteiger partial charge < -0.3 is 10.6 Å². The summed E-state index contributed by atoms with van der Waals surface area (Å²) >= 11 is 0. The van der Waals surface area contributed by atoms with E-state index in [0.717, 1.165) is 19.4 Å². The van der Waals surface area contributed by atoms with E-state index in [0.29, 0.717) is 12.0 Å². The highest BCUT2D eigenvalue weighted by Crippen LogP contribution is 2.30. The first kappa shape index (κ1) is 13.6. The summed E-state index contributed by atoms with van der Waals surface area (Å²) in [6.45, 7) is 2.86. The molecule has 0 aliphatic heterocycles. The van der Waals surface area contributed by atoms with Crippen molar-refractivity contribution in [1.82, 2.24) is 10.6 Å². The highest BCUT2D eigenvalue weighted by molar-refractivity contribution is 5.81. The second-order valence-electron chi connectivity index (χ2n) is 6.20. The van der Waals surface area contributed by atoms with Crippen LogP contribution in [0.1, 0.15) is 49.7 Å². The van der Waals surface area contributed by atoms with Crippen LogP contribution >= 0.6 is 0 Å². The minimum atomic E-state index is -0.0929. The molecular formula is C17H24N2O. The molecule has 0 saturated heterocycles. The number of nitrogens with one attached hydrogen (secondary N) is 2. The number of rotatable bonds is 5. The van der Waals surface area contributed by atoms with Crippen LogP contribution in [0.4, 0.5) is 0 Å². The van der Waals surface area contributed by atoms with Gasteiger partial charge in [0.2, 0.25) is 5.91 Å². The predicted molar refractivity (Wildman–Crippen MR) is 80.8 cm³/mol. The quantitative estimate of drug-likeness (QED) is 0.864. The number of benzene rings is 1. The molecule has 0 spiro atoms. The monoisotopic (exact) mass is 272 g/mol. The highest BCUT2D eigenvalue weighted by atomic mass is 16.2. The third-order valence-corrected chi connectivity index (χ3v) is 4.48. The minimum Gasteiger partial charge on any atom is -0.352 e. The SMILES string of the molecule is CC(NCC1CCCc2ccccc21)C(=O)NC1CC1. The second kappa shape index (κ2) is 5.96. The molecule has 2 atom stereocenters. The van der Waals surface area contributed by atoms with Gasteiger partial charge in [-0.15, -0.1) is 0 Å². The average Bonchev–Trinajstić information content (AvgIpc) is 3.28. The molecule has 2 N–H and O–H groups in total. The van der Waals surface area contributed by atoms with Crippen molar-refractivity contribution in [2.75, 3.05) is 6.54 Å². The summed E-state index contributed by atoms with van der Waals surface area (Å²) in [5.74, 6) is 0.702. The van der Waals surface area contributed by atoms with Crippen molar-refractivity contribution in [2.45, 2.75) is 57.0 Å². The van der Waals surface area contributed by atoms with E-state index in [9.17, 15) is 4.79 Å². The van der Waals surface area contributed by atoms with E-state index < -0.39 is 0 Å². The summed E-state index contributed by atoms with van der Waals surface area (Å²) in [6.07, 6.45) is 5.97. The van der Waals surface area contributed by atoms with Gasteiger partial charge in [0.1, 0.15) is 0 Å². The standard InChI is InChI=1S/C17H24N2O/c1-12(17(20)19-15-9-10-15)18-11-14-7-4-6-13-5-2-3-8-16(13)14/h2-3,5,8,12,14-15,18H,4,6-7,9-11H2,1H3,(H,19,20). The topological polar surface area (TPSA) is 41.1 Å². The van der Waals surface area contributed by atoms with Crippen molar-refractivity contribution in [3.63, 3.8) is 0 Å². The fourth-order valence-electron chi connectivity index (χ4n) is 3.03. The molecule has 20 heavy (non-hydrogen) atoms. The van der Waals surface area contributed by atoms with Crippen LogP contribution in [0.5, 0.6) is 0 Å². The van der Waals surface area contributed by atoms with E-state index in [1.165, 1.54) is 30.4 Å². The first-order chi connectivity index (χ1) is 9.74. The lowest BCUT2D eigenvalue weighted by molar-refractivity contribution is -0.122. The zero-order chi connectivity index (χ0) is 13.9. The first-order valence-electron chi connectivity index (χ1n) is 7.85. The molecule has 0 bridgehead atoms. The summed E-state index contributed by atoms with van der Waals surface area (Å²) in [5, 5.41) is 6.47. The number of carbonyl (C=O) groups is 1. The van der Waals surface area contributed by atoms with Gasteiger partial charge in [0.05, 0.1) is 6.04 Å². The van der Waals surface area contributed by atoms with Crippen molar-refractivity contribution in [3.8, 4) is 0 Å². The third kappa shape index (κ3) is 3.21. The largest absolute Gasteiger partial charge is 0.352 e. The van der Waals surface area contributed by atoms with Crippen LogP contribution in [0.25, 0.3) is 0 Å². The van der Waals surface area contributed by atoms with Crippen LogP contribution < -0.4 is 10.6 Å². The third-order valence-electron chi connectivity index (χ3n) is 4.48. The van der Waals surface area contributed by atoms with Gasteiger partial charge in [-0.2, -0.15) is 0 Å². The number of aryl methyl sites for hydroxylation is 1. The lowest BCUT2D eigenvalue weighted by Crippen LogP contribution is -2.44. The number of amides is 1.